The highest BCUT2D eigenvalue weighted by Gasteiger charge is 2.09. The van der Waals surface area contributed by atoms with E-state index in [1.165, 1.54) is 6.92 Å². The van der Waals surface area contributed by atoms with Crippen molar-refractivity contribution in [3.63, 3.8) is 0 Å². The predicted octanol–water partition coefficient (Wildman–Crippen LogP) is 2.27. The van der Waals surface area contributed by atoms with E-state index in [1.54, 1.807) is 12.1 Å². The normalized spacial score (nSPS) is 9.67. The molecule has 0 fully saturated rings. The molecule has 0 N–H and O–H groups in total. The molecule has 0 saturated heterocycles. The molecule has 1 aromatic rings. The van der Waals surface area contributed by atoms with Crippen LogP contribution in [-0.2, 0) is 20.7 Å². The lowest BCUT2D eigenvalue weighted by molar-refractivity contribution is -0.150. The van der Waals surface area contributed by atoms with Gasteiger partial charge in [0.25, 0.3) is 0 Å². The Morgan fingerprint density at radius 2 is 1.83 bits per heavy atom. The van der Waals surface area contributed by atoms with E-state index >= 15 is 0 Å². The van der Waals surface area contributed by atoms with Gasteiger partial charge in [0.1, 0.15) is 5.75 Å². The van der Waals surface area contributed by atoms with Crippen molar-refractivity contribution in [1.82, 2.24) is 0 Å². The molecule has 0 saturated carbocycles. The first-order chi connectivity index (χ1) is 8.52. The van der Waals surface area contributed by atoms with Crippen molar-refractivity contribution >= 4 is 11.9 Å². The van der Waals surface area contributed by atoms with E-state index in [1.807, 2.05) is 19.1 Å². The lowest BCUT2D eigenvalue weighted by atomic mass is 10.2. The minimum absolute atomic E-state index is 0.245. The van der Waals surface area contributed by atoms with Gasteiger partial charge in [-0.15, -0.1) is 0 Å². The lowest BCUT2D eigenvalue weighted by Gasteiger charge is -2.06. The summed E-state index contributed by atoms with van der Waals surface area (Å²) in [6.45, 7) is 6.54. The molecule has 0 unspecified atom stereocenters. The minimum atomic E-state index is -0.617. The van der Waals surface area contributed by atoms with Gasteiger partial charge in [-0.2, -0.15) is 0 Å². The second kappa shape index (κ2) is 6.59. The van der Waals surface area contributed by atoms with Gasteiger partial charge in [-0.05, 0) is 31.0 Å². The number of hydrogen-bond acceptors (Lipinski definition) is 4. The highest BCUT2D eigenvalue weighted by molar-refractivity contribution is 5.88. The topological polar surface area (TPSA) is 52.6 Å². The van der Waals surface area contributed by atoms with E-state index in [4.69, 9.17) is 4.74 Å². The summed E-state index contributed by atoms with van der Waals surface area (Å²) in [5.41, 5.74) is 1.40. The van der Waals surface area contributed by atoms with Gasteiger partial charge in [0.2, 0.25) is 0 Å². The van der Waals surface area contributed by atoms with Gasteiger partial charge >= 0.3 is 11.9 Å². The maximum absolute atomic E-state index is 11.4. The summed E-state index contributed by atoms with van der Waals surface area (Å²) >= 11 is 0. The highest BCUT2D eigenvalue weighted by Crippen LogP contribution is 2.12. The molecular weight excluding hydrogens is 232 g/mol. The average molecular weight is 248 g/mol. The van der Waals surface area contributed by atoms with E-state index in [0.29, 0.717) is 5.75 Å². The van der Waals surface area contributed by atoms with Crippen molar-refractivity contribution in [2.75, 3.05) is 6.61 Å². The van der Waals surface area contributed by atoms with Crippen LogP contribution in [0.1, 0.15) is 19.4 Å². The monoisotopic (exact) mass is 248 g/mol. The third-order valence-corrected chi connectivity index (χ3v) is 2.23. The molecule has 1 aromatic carbocycles. The summed E-state index contributed by atoms with van der Waals surface area (Å²) in [6, 6.07) is 7.17. The van der Waals surface area contributed by atoms with E-state index < -0.39 is 18.5 Å². The Bertz CT molecular complexity index is 445. The SMILES string of the molecule is C=C(C)C(=O)OCC(=O)Oc1ccc(CC)cc1. The van der Waals surface area contributed by atoms with Gasteiger partial charge < -0.3 is 9.47 Å². The maximum Gasteiger partial charge on any atom is 0.349 e. The van der Waals surface area contributed by atoms with E-state index in [9.17, 15) is 9.59 Å². The number of aryl methyl sites for hydroxylation is 1. The Hall–Kier alpha value is -2.10. The zero-order valence-corrected chi connectivity index (χ0v) is 10.6. The summed E-state index contributed by atoms with van der Waals surface area (Å²) < 4.78 is 9.67. The second-order valence-corrected chi connectivity index (χ2v) is 3.83. The standard InChI is InChI=1S/C14H16O4/c1-4-11-5-7-12(8-6-11)18-13(15)9-17-14(16)10(2)3/h5-8H,2,4,9H2,1,3H3. The number of benzene rings is 1. The first-order valence-corrected chi connectivity index (χ1v) is 5.65. The zero-order valence-electron chi connectivity index (χ0n) is 10.6. The second-order valence-electron chi connectivity index (χ2n) is 3.83. The molecule has 0 aromatic heterocycles. The van der Waals surface area contributed by atoms with Crippen molar-refractivity contribution in [1.29, 1.82) is 0 Å². The van der Waals surface area contributed by atoms with Crippen LogP contribution >= 0.6 is 0 Å². The van der Waals surface area contributed by atoms with E-state index in [0.717, 1.165) is 12.0 Å². The maximum atomic E-state index is 11.4. The van der Waals surface area contributed by atoms with E-state index in [-0.39, 0.29) is 5.57 Å². The summed E-state index contributed by atoms with van der Waals surface area (Å²) in [5.74, 6) is -0.786. The predicted molar refractivity (Wildman–Crippen MR) is 67.2 cm³/mol. The molecule has 1 rings (SSSR count). The number of esters is 2. The lowest BCUT2D eigenvalue weighted by Crippen LogP contribution is -2.18. The minimum Gasteiger partial charge on any atom is -0.450 e. The van der Waals surface area contributed by atoms with Crippen LogP contribution in [-0.4, -0.2) is 18.5 Å². The fourth-order valence-electron chi connectivity index (χ4n) is 1.20. The Labute approximate surface area is 106 Å². The summed E-state index contributed by atoms with van der Waals surface area (Å²) in [5, 5.41) is 0. The van der Waals surface area contributed by atoms with Crippen LogP contribution in [0.2, 0.25) is 0 Å². The molecule has 96 valence electrons. The third kappa shape index (κ3) is 4.41. The Kier molecular flexibility index (Phi) is 5.11. The summed E-state index contributed by atoms with van der Waals surface area (Å²) in [7, 11) is 0. The van der Waals surface area contributed by atoms with Crippen LogP contribution < -0.4 is 4.74 Å². The number of carbonyl (C=O) groups excluding carboxylic acids is 2. The van der Waals surface area contributed by atoms with Crippen LogP contribution in [0.5, 0.6) is 5.75 Å². The summed E-state index contributed by atoms with van der Waals surface area (Å²) in [6.07, 6.45) is 0.921. The van der Waals surface area contributed by atoms with Gasteiger partial charge in [0.05, 0.1) is 0 Å². The van der Waals surface area contributed by atoms with Crippen LogP contribution in [0.3, 0.4) is 0 Å². The van der Waals surface area contributed by atoms with Crippen LogP contribution in [0, 0.1) is 0 Å². The molecule has 0 atom stereocenters. The van der Waals surface area contributed by atoms with Gasteiger partial charge in [-0.3, -0.25) is 0 Å². The molecule has 0 heterocycles. The number of ether oxygens (including phenoxy) is 2. The third-order valence-electron chi connectivity index (χ3n) is 2.23. The molecule has 0 bridgehead atoms. The Morgan fingerprint density at radius 1 is 1.22 bits per heavy atom. The molecule has 0 aliphatic carbocycles. The van der Waals surface area contributed by atoms with Gasteiger partial charge in [0.15, 0.2) is 6.61 Å². The first kappa shape index (κ1) is 14.0. The Balaban J connectivity index is 2.44. The molecule has 4 nitrogen and oxygen atoms in total. The van der Waals surface area contributed by atoms with Crippen molar-refractivity contribution < 1.29 is 19.1 Å². The van der Waals surface area contributed by atoms with Gasteiger partial charge in [-0.1, -0.05) is 25.6 Å². The van der Waals surface area contributed by atoms with Gasteiger partial charge in [-0.25, -0.2) is 9.59 Å². The largest absolute Gasteiger partial charge is 0.450 e. The quantitative estimate of drug-likeness (QED) is 0.455. The van der Waals surface area contributed by atoms with Crippen LogP contribution in [0.25, 0.3) is 0 Å². The molecule has 0 spiro atoms. The molecule has 0 aliphatic rings. The molecule has 0 aliphatic heterocycles. The van der Waals surface area contributed by atoms with Gasteiger partial charge in [0, 0.05) is 5.57 Å². The van der Waals surface area contributed by atoms with E-state index in [2.05, 4.69) is 11.3 Å². The van der Waals surface area contributed by atoms with Crippen molar-refractivity contribution in [2.45, 2.75) is 20.3 Å². The fourth-order valence-corrected chi connectivity index (χ4v) is 1.20. The molecule has 18 heavy (non-hydrogen) atoms. The fraction of sp³-hybridized carbons (Fsp3) is 0.286. The van der Waals surface area contributed by atoms with Crippen LogP contribution in [0.15, 0.2) is 36.4 Å². The molecule has 4 heteroatoms. The van der Waals surface area contributed by atoms with Crippen molar-refractivity contribution in [3.05, 3.63) is 42.0 Å². The number of hydrogen-bond donors (Lipinski definition) is 0. The number of rotatable bonds is 5. The summed E-state index contributed by atoms with van der Waals surface area (Å²) in [4.78, 5) is 22.4. The zero-order chi connectivity index (χ0) is 13.5. The first-order valence-electron chi connectivity index (χ1n) is 5.65. The van der Waals surface area contributed by atoms with Crippen molar-refractivity contribution in [3.8, 4) is 5.75 Å². The highest BCUT2D eigenvalue weighted by atomic mass is 16.6. The van der Waals surface area contributed by atoms with Crippen molar-refractivity contribution in [2.24, 2.45) is 0 Å². The molecular formula is C14H16O4. The smallest absolute Gasteiger partial charge is 0.349 e. The number of carbonyl (C=O) groups is 2. The molecule has 0 amide bonds. The molecule has 0 radical (unpaired) electrons. The Morgan fingerprint density at radius 3 is 2.33 bits per heavy atom. The average Bonchev–Trinajstić information content (AvgIpc) is 2.36. The van der Waals surface area contributed by atoms with Crippen LogP contribution in [0.4, 0.5) is 0 Å².